The first-order chi connectivity index (χ1) is 8.20. The van der Waals surface area contributed by atoms with Crippen LogP contribution in [0.1, 0.15) is 24.9 Å². The number of nitrogens with one attached hydrogen (secondary N) is 1. The Morgan fingerprint density at radius 3 is 2.82 bits per heavy atom. The van der Waals surface area contributed by atoms with Crippen LogP contribution < -0.4 is 11.1 Å². The molecule has 0 radical (unpaired) electrons. The van der Waals surface area contributed by atoms with Crippen molar-refractivity contribution in [1.29, 1.82) is 0 Å². The largest absolute Gasteiger partial charge is 0.329 e. The SMILES string of the molecule is CC#CCCNC(CN)c1cccc(F)c1F. The van der Waals surface area contributed by atoms with Crippen LogP contribution in [0.15, 0.2) is 18.2 Å². The molecule has 0 heterocycles. The average molecular weight is 238 g/mol. The van der Waals surface area contributed by atoms with E-state index >= 15 is 0 Å². The van der Waals surface area contributed by atoms with Crippen molar-refractivity contribution in [2.75, 3.05) is 13.1 Å². The highest BCUT2D eigenvalue weighted by atomic mass is 19.2. The summed E-state index contributed by atoms with van der Waals surface area (Å²) in [7, 11) is 0. The monoisotopic (exact) mass is 238 g/mol. The van der Waals surface area contributed by atoms with E-state index < -0.39 is 11.6 Å². The van der Waals surface area contributed by atoms with Gasteiger partial charge in [-0.15, -0.1) is 11.8 Å². The quantitative estimate of drug-likeness (QED) is 0.608. The molecule has 4 heteroatoms. The van der Waals surface area contributed by atoms with Gasteiger partial charge in [0.25, 0.3) is 0 Å². The Morgan fingerprint density at radius 1 is 1.41 bits per heavy atom. The molecular weight excluding hydrogens is 222 g/mol. The summed E-state index contributed by atoms with van der Waals surface area (Å²) < 4.78 is 26.6. The number of halogens is 2. The van der Waals surface area contributed by atoms with Crippen molar-refractivity contribution in [3.8, 4) is 11.8 Å². The number of nitrogens with two attached hydrogens (primary N) is 1. The fraction of sp³-hybridized carbons (Fsp3) is 0.385. The molecule has 1 aromatic carbocycles. The number of hydrogen-bond donors (Lipinski definition) is 2. The summed E-state index contributed by atoms with van der Waals surface area (Å²) in [5.41, 5.74) is 5.81. The summed E-state index contributed by atoms with van der Waals surface area (Å²) in [4.78, 5) is 0. The minimum atomic E-state index is -0.851. The first kappa shape index (κ1) is 13.6. The second-order valence-corrected chi connectivity index (χ2v) is 3.56. The number of hydrogen-bond acceptors (Lipinski definition) is 2. The van der Waals surface area contributed by atoms with Crippen LogP contribution in [0.25, 0.3) is 0 Å². The Hall–Kier alpha value is -1.44. The van der Waals surface area contributed by atoms with E-state index in [9.17, 15) is 8.78 Å². The second kappa shape index (κ2) is 7.00. The Labute approximate surface area is 100 Å². The zero-order valence-electron chi connectivity index (χ0n) is 9.76. The maximum atomic E-state index is 13.5. The van der Waals surface area contributed by atoms with Crippen molar-refractivity contribution < 1.29 is 8.78 Å². The molecule has 0 spiro atoms. The van der Waals surface area contributed by atoms with Crippen LogP contribution in [0.5, 0.6) is 0 Å². The molecule has 0 fully saturated rings. The van der Waals surface area contributed by atoms with Crippen molar-refractivity contribution in [2.45, 2.75) is 19.4 Å². The molecule has 1 rings (SSSR count). The fourth-order valence-electron chi connectivity index (χ4n) is 1.54. The van der Waals surface area contributed by atoms with E-state index in [1.54, 1.807) is 6.92 Å². The van der Waals surface area contributed by atoms with Gasteiger partial charge in [-0.05, 0) is 13.0 Å². The summed E-state index contributed by atoms with van der Waals surface area (Å²) >= 11 is 0. The molecule has 0 aromatic heterocycles. The molecule has 1 atom stereocenters. The standard InChI is InChI=1S/C13H16F2N2/c1-2-3-4-8-17-12(9-16)10-6-5-7-11(14)13(10)15/h5-7,12,17H,4,8-9,16H2,1H3. The Morgan fingerprint density at radius 2 is 2.18 bits per heavy atom. The maximum Gasteiger partial charge on any atom is 0.163 e. The minimum Gasteiger partial charge on any atom is -0.329 e. The third-order valence-electron chi connectivity index (χ3n) is 2.41. The zero-order valence-corrected chi connectivity index (χ0v) is 9.76. The maximum absolute atomic E-state index is 13.5. The summed E-state index contributed by atoms with van der Waals surface area (Å²) in [6, 6.07) is 3.72. The third-order valence-corrected chi connectivity index (χ3v) is 2.41. The van der Waals surface area contributed by atoms with Crippen LogP contribution in [0, 0.1) is 23.5 Å². The molecule has 0 aliphatic heterocycles. The lowest BCUT2D eigenvalue weighted by Gasteiger charge is -2.17. The molecule has 0 bridgehead atoms. The van der Waals surface area contributed by atoms with Gasteiger partial charge in [-0.25, -0.2) is 8.78 Å². The second-order valence-electron chi connectivity index (χ2n) is 3.56. The Balaban J connectivity index is 2.71. The van der Waals surface area contributed by atoms with Crippen molar-refractivity contribution in [1.82, 2.24) is 5.32 Å². The predicted molar refractivity (Wildman–Crippen MR) is 64.2 cm³/mol. The lowest BCUT2D eigenvalue weighted by molar-refractivity contribution is 0.466. The van der Waals surface area contributed by atoms with Crippen LogP contribution in [0.4, 0.5) is 8.78 Å². The first-order valence-corrected chi connectivity index (χ1v) is 5.47. The summed E-state index contributed by atoms with van der Waals surface area (Å²) in [5.74, 6) is 3.96. The van der Waals surface area contributed by atoms with Crippen LogP contribution in [-0.4, -0.2) is 13.1 Å². The van der Waals surface area contributed by atoms with Gasteiger partial charge in [-0.1, -0.05) is 12.1 Å². The highest BCUT2D eigenvalue weighted by molar-refractivity contribution is 5.22. The Kier molecular flexibility index (Phi) is 5.61. The molecule has 0 amide bonds. The van der Waals surface area contributed by atoms with Gasteiger partial charge in [0.2, 0.25) is 0 Å². The molecule has 2 nitrogen and oxygen atoms in total. The van der Waals surface area contributed by atoms with Gasteiger partial charge in [0.15, 0.2) is 11.6 Å². The van der Waals surface area contributed by atoms with Gasteiger partial charge >= 0.3 is 0 Å². The van der Waals surface area contributed by atoms with E-state index in [1.165, 1.54) is 12.1 Å². The van der Waals surface area contributed by atoms with E-state index in [0.29, 0.717) is 13.0 Å². The van der Waals surface area contributed by atoms with Gasteiger partial charge in [0.05, 0.1) is 0 Å². The molecule has 0 aliphatic carbocycles. The van der Waals surface area contributed by atoms with Gasteiger partial charge in [-0.2, -0.15) is 0 Å². The fourth-order valence-corrected chi connectivity index (χ4v) is 1.54. The van der Waals surface area contributed by atoms with Gasteiger partial charge in [0.1, 0.15) is 0 Å². The smallest absolute Gasteiger partial charge is 0.163 e. The number of rotatable bonds is 5. The summed E-state index contributed by atoms with van der Waals surface area (Å²) in [6.07, 6.45) is 0.657. The van der Waals surface area contributed by atoms with E-state index in [1.807, 2.05) is 0 Å². The minimum absolute atomic E-state index is 0.208. The molecule has 0 aliphatic rings. The van der Waals surface area contributed by atoms with Gasteiger partial charge in [0, 0.05) is 31.1 Å². The normalized spacial score (nSPS) is 11.8. The van der Waals surface area contributed by atoms with Crippen LogP contribution in [0.2, 0.25) is 0 Å². The molecule has 0 saturated carbocycles. The molecule has 3 N–H and O–H groups in total. The average Bonchev–Trinajstić information content (AvgIpc) is 2.34. The molecular formula is C13H16F2N2. The Bertz CT molecular complexity index is 421. The highest BCUT2D eigenvalue weighted by Gasteiger charge is 2.15. The van der Waals surface area contributed by atoms with Crippen molar-refractivity contribution in [2.24, 2.45) is 5.73 Å². The van der Waals surface area contributed by atoms with E-state index in [4.69, 9.17) is 5.73 Å². The van der Waals surface area contributed by atoms with Crippen LogP contribution in [0.3, 0.4) is 0 Å². The van der Waals surface area contributed by atoms with E-state index in [-0.39, 0.29) is 18.2 Å². The highest BCUT2D eigenvalue weighted by Crippen LogP contribution is 2.18. The van der Waals surface area contributed by atoms with Crippen LogP contribution >= 0.6 is 0 Å². The zero-order chi connectivity index (χ0) is 12.7. The van der Waals surface area contributed by atoms with E-state index in [0.717, 1.165) is 6.07 Å². The lowest BCUT2D eigenvalue weighted by Crippen LogP contribution is -2.29. The molecule has 1 aromatic rings. The molecule has 1 unspecified atom stereocenters. The summed E-state index contributed by atoms with van der Waals surface area (Å²) in [5, 5.41) is 3.05. The van der Waals surface area contributed by atoms with Gasteiger partial charge < -0.3 is 11.1 Å². The molecule has 17 heavy (non-hydrogen) atoms. The molecule has 0 saturated heterocycles. The lowest BCUT2D eigenvalue weighted by atomic mass is 10.1. The topological polar surface area (TPSA) is 38.0 Å². The van der Waals surface area contributed by atoms with Crippen molar-refractivity contribution in [3.63, 3.8) is 0 Å². The summed E-state index contributed by atoms with van der Waals surface area (Å²) in [6.45, 7) is 2.56. The van der Waals surface area contributed by atoms with Crippen LogP contribution in [-0.2, 0) is 0 Å². The molecule has 92 valence electrons. The predicted octanol–water partition coefficient (Wildman–Crippen LogP) is 1.97. The third kappa shape index (κ3) is 3.81. The van der Waals surface area contributed by atoms with Gasteiger partial charge in [-0.3, -0.25) is 0 Å². The number of benzene rings is 1. The van der Waals surface area contributed by atoms with Crippen molar-refractivity contribution in [3.05, 3.63) is 35.4 Å². The van der Waals surface area contributed by atoms with E-state index in [2.05, 4.69) is 17.2 Å². The first-order valence-electron chi connectivity index (χ1n) is 5.47. The van der Waals surface area contributed by atoms with Crippen molar-refractivity contribution >= 4 is 0 Å².